The van der Waals surface area contributed by atoms with Gasteiger partial charge in [-0.25, -0.2) is 0 Å². The van der Waals surface area contributed by atoms with Gasteiger partial charge >= 0.3 is 0 Å². The van der Waals surface area contributed by atoms with E-state index in [2.05, 4.69) is 10.9 Å². The average molecular weight is 332 g/mol. The van der Waals surface area contributed by atoms with E-state index in [0.29, 0.717) is 11.3 Å². The van der Waals surface area contributed by atoms with Crippen LogP contribution in [0.5, 0.6) is 5.75 Å². The molecule has 0 fully saturated rings. The summed E-state index contributed by atoms with van der Waals surface area (Å²) < 4.78 is 18.6. The number of benzene rings is 1. The van der Waals surface area contributed by atoms with E-state index in [4.69, 9.17) is 16.9 Å². The molecule has 6 heteroatoms. The van der Waals surface area contributed by atoms with Crippen LogP contribution in [0.2, 0.25) is 0 Å². The molecular weight excluding hydrogens is 315 g/mol. The third-order valence-electron chi connectivity index (χ3n) is 3.53. The molecule has 2 aromatic rings. The summed E-state index contributed by atoms with van der Waals surface area (Å²) in [7, 11) is 0. The third kappa shape index (κ3) is 3.40. The van der Waals surface area contributed by atoms with Crippen LogP contribution in [0.15, 0.2) is 24.4 Å². The number of hydrogen-bond donors (Lipinski definition) is 1. The quantitative estimate of drug-likeness (QED) is 0.652. The van der Waals surface area contributed by atoms with Gasteiger partial charge in [-0.2, -0.15) is 0 Å². The lowest BCUT2D eigenvalue weighted by Crippen LogP contribution is -2.46. The van der Waals surface area contributed by atoms with Crippen molar-refractivity contribution in [2.75, 3.05) is 12.9 Å². The van der Waals surface area contributed by atoms with E-state index >= 15 is 0 Å². The van der Waals surface area contributed by atoms with E-state index < -0.39 is 17.5 Å². The lowest BCUT2D eigenvalue weighted by atomic mass is 10.1. The Morgan fingerprint density at radius 1 is 1.52 bits per heavy atom. The Kier molecular flexibility index (Phi) is 5.12. The fourth-order valence-corrected chi connectivity index (χ4v) is 2.98. The van der Waals surface area contributed by atoms with Crippen molar-refractivity contribution in [3.8, 4) is 18.1 Å². The highest BCUT2D eigenvalue weighted by Gasteiger charge is 2.38. The molecule has 1 aromatic heterocycles. The molecule has 1 atom stereocenters. The molecule has 2 rings (SSSR count). The first kappa shape index (κ1) is 17.1. The molecule has 120 valence electrons. The van der Waals surface area contributed by atoms with Crippen molar-refractivity contribution in [2.24, 2.45) is 5.73 Å². The van der Waals surface area contributed by atoms with Crippen molar-refractivity contribution >= 4 is 28.6 Å². The molecule has 0 radical (unpaired) electrons. The summed E-state index contributed by atoms with van der Waals surface area (Å²) in [6.07, 6.45) is 8.55. The number of rotatable bonds is 6. The SMILES string of the molecule is C#Cc1cnc2c(C)cc(OC(CCF)(SC)C(N)=O)cc2c1. The van der Waals surface area contributed by atoms with Crippen LogP contribution in [0.25, 0.3) is 10.9 Å². The van der Waals surface area contributed by atoms with Gasteiger partial charge in [0, 0.05) is 23.6 Å². The van der Waals surface area contributed by atoms with Crippen molar-refractivity contribution in [2.45, 2.75) is 18.3 Å². The fraction of sp³-hybridized carbons (Fsp3) is 0.294. The highest BCUT2D eigenvalue weighted by Crippen LogP contribution is 2.33. The molecule has 4 nitrogen and oxygen atoms in total. The Bertz CT molecular complexity index is 788. The number of aromatic nitrogens is 1. The van der Waals surface area contributed by atoms with E-state index in [-0.39, 0.29) is 6.42 Å². The average Bonchev–Trinajstić information content (AvgIpc) is 2.53. The van der Waals surface area contributed by atoms with E-state index in [1.54, 1.807) is 24.6 Å². The Balaban J connectivity index is 2.50. The molecule has 1 heterocycles. The largest absolute Gasteiger partial charge is 0.467 e. The molecule has 0 aliphatic heterocycles. The van der Waals surface area contributed by atoms with Crippen LogP contribution in [-0.2, 0) is 4.79 Å². The van der Waals surface area contributed by atoms with Gasteiger partial charge in [0.1, 0.15) is 5.75 Å². The number of nitrogens with zero attached hydrogens (tertiary/aromatic N) is 1. The smallest absolute Gasteiger partial charge is 0.272 e. The van der Waals surface area contributed by atoms with Gasteiger partial charge < -0.3 is 10.5 Å². The zero-order chi connectivity index (χ0) is 17.0. The molecule has 0 aliphatic rings. The zero-order valence-corrected chi connectivity index (χ0v) is 13.7. The second kappa shape index (κ2) is 6.88. The monoisotopic (exact) mass is 332 g/mol. The molecule has 0 saturated heterocycles. The van der Waals surface area contributed by atoms with E-state index in [1.807, 2.05) is 13.0 Å². The number of hydrogen-bond acceptors (Lipinski definition) is 4. The number of fused-ring (bicyclic) bond motifs is 1. The Hall–Kier alpha value is -2.26. The van der Waals surface area contributed by atoms with E-state index in [0.717, 1.165) is 28.2 Å². The summed E-state index contributed by atoms with van der Waals surface area (Å²) in [6.45, 7) is 1.16. The minimum Gasteiger partial charge on any atom is -0.467 e. The second-order valence-electron chi connectivity index (χ2n) is 5.04. The molecule has 0 saturated carbocycles. The van der Waals surface area contributed by atoms with Crippen LogP contribution in [0.3, 0.4) is 0 Å². The molecule has 1 aromatic carbocycles. The number of primary amides is 1. The molecule has 0 spiro atoms. The molecule has 1 unspecified atom stereocenters. The van der Waals surface area contributed by atoms with Gasteiger partial charge in [0.15, 0.2) is 0 Å². The van der Waals surface area contributed by atoms with Crippen molar-refractivity contribution in [1.29, 1.82) is 0 Å². The second-order valence-corrected chi connectivity index (χ2v) is 6.11. The molecular formula is C17H17FN2O2S. The molecule has 0 aliphatic carbocycles. The highest BCUT2D eigenvalue weighted by molar-refractivity contribution is 8.00. The van der Waals surface area contributed by atoms with Gasteiger partial charge in [-0.05, 0) is 36.9 Å². The standard InChI is InChI=1S/C17H17FN2O2S/c1-4-12-8-13-9-14(7-11(2)15(13)20-10-12)22-17(23-3,5-6-18)16(19)21/h1,7-10H,5-6H2,2-3H3,(H2,19,21). The lowest BCUT2D eigenvalue weighted by Gasteiger charge is -2.29. The van der Waals surface area contributed by atoms with Crippen molar-refractivity contribution in [3.63, 3.8) is 0 Å². The van der Waals surface area contributed by atoms with Crippen LogP contribution >= 0.6 is 11.8 Å². The number of alkyl halides is 1. The van der Waals surface area contributed by atoms with Crippen LogP contribution < -0.4 is 10.5 Å². The maximum absolute atomic E-state index is 12.8. The zero-order valence-electron chi connectivity index (χ0n) is 12.9. The lowest BCUT2D eigenvalue weighted by molar-refractivity contribution is -0.127. The molecule has 2 N–H and O–H groups in total. The third-order valence-corrected chi connectivity index (χ3v) is 4.67. The summed E-state index contributed by atoms with van der Waals surface area (Å²) in [6, 6.07) is 5.28. The van der Waals surface area contributed by atoms with Gasteiger partial charge in [0.05, 0.1) is 12.2 Å². The van der Waals surface area contributed by atoms with Gasteiger partial charge in [0.2, 0.25) is 4.93 Å². The maximum atomic E-state index is 12.8. The number of nitrogens with two attached hydrogens (primary N) is 1. The number of aryl methyl sites for hydroxylation is 1. The van der Waals surface area contributed by atoms with Crippen molar-refractivity contribution in [1.82, 2.24) is 4.98 Å². The Morgan fingerprint density at radius 3 is 2.83 bits per heavy atom. The Labute approximate surface area is 138 Å². The van der Waals surface area contributed by atoms with Gasteiger partial charge in [0.25, 0.3) is 5.91 Å². The van der Waals surface area contributed by atoms with Crippen LogP contribution in [-0.4, -0.2) is 28.8 Å². The van der Waals surface area contributed by atoms with Crippen molar-refractivity contribution in [3.05, 3.63) is 35.5 Å². The van der Waals surface area contributed by atoms with Gasteiger partial charge in [-0.1, -0.05) is 5.92 Å². The number of carbonyl (C=O) groups excluding carboxylic acids is 1. The van der Waals surface area contributed by atoms with Crippen LogP contribution in [0, 0.1) is 19.3 Å². The number of amides is 1. The summed E-state index contributed by atoms with van der Waals surface area (Å²) >= 11 is 1.08. The number of terminal acetylenes is 1. The van der Waals surface area contributed by atoms with E-state index in [9.17, 15) is 9.18 Å². The van der Waals surface area contributed by atoms with Crippen LogP contribution in [0.1, 0.15) is 17.5 Å². The van der Waals surface area contributed by atoms with Gasteiger partial charge in [-0.3, -0.25) is 14.2 Å². The Morgan fingerprint density at radius 2 is 2.26 bits per heavy atom. The first-order chi connectivity index (χ1) is 11.0. The molecule has 0 bridgehead atoms. The minimum absolute atomic E-state index is 0.122. The van der Waals surface area contributed by atoms with Crippen LogP contribution in [0.4, 0.5) is 4.39 Å². The fourth-order valence-electron chi connectivity index (χ4n) is 2.32. The van der Waals surface area contributed by atoms with Gasteiger partial charge in [-0.15, -0.1) is 18.2 Å². The summed E-state index contributed by atoms with van der Waals surface area (Å²) in [5.41, 5.74) is 7.71. The highest BCUT2D eigenvalue weighted by atomic mass is 32.2. The minimum atomic E-state index is -1.44. The normalized spacial score (nSPS) is 13.3. The summed E-state index contributed by atoms with van der Waals surface area (Å²) in [5.74, 6) is 2.24. The predicted molar refractivity (Wildman–Crippen MR) is 91.1 cm³/mol. The van der Waals surface area contributed by atoms with Crippen molar-refractivity contribution < 1.29 is 13.9 Å². The topological polar surface area (TPSA) is 65.2 Å². The first-order valence-electron chi connectivity index (χ1n) is 6.93. The first-order valence-corrected chi connectivity index (χ1v) is 8.15. The van der Waals surface area contributed by atoms with E-state index in [1.165, 1.54) is 0 Å². The maximum Gasteiger partial charge on any atom is 0.272 e. The number of halogens is 1. The number of thioether (sulfide) groups is 1. The molecule has 1 amide bonds. The predicted octanol–water partition coefficient (Wildman–Crippen LogP) is 2.81. The number of carbonyl (C=O) groups is 1. The summed E-state index contributed by atoms with van der Waals surface area (Å²) in [5, 5.41) is 0.787. The molecule has 23 heavy (non-hydrogen) atoms. The number of pyridine rings is 1. The summed E-state index contributed by atoms with van der Waals surface area (Å²) in [4.78, 5) is 14.7. The number of ether oxygens (including phenoxy) is 1.